The number of rotatable bonds is 5. The molecule has 0 radical (unpaired) electrons. The highest BCUT2D eigenvalue weighted by Gasteiger charge is 2.31. The first kappa shape index (κ1) is 34.4. The summed E-state index contributed by atoms with van der Waals surface area (Å²) in [4.78, 5) is 0. The van der Waals surface area contributed by atoms with Crippen molar-refractivity contribution in [2.75, 3.05) is 0 Å². The summed E-state index contributed by atoms with van der Waals surface area (Å²) >= 11 is 0. The maximum atomic E-state index is 6.78. The Hall–Kier alpha value is -5.66. The van der Waals surface area contributed by atoms with Crippen LogP contribution < -0.4 is 10.4 Å². The Balaban J connectivity index is 1.41. The Morgan fingerprint density at radius 3 is 2.30 bits per heavy atom. The number of hydrogen-bond donors (Lipinski definition) is 0. The third-order valence-corrected chi connectivity index (χ3v) is 11.4. The van der Waals surface area contributed by atoms with Crippen molar-refractivity contribution in [3.05, 3.63) is 208 Å². The normalized spacial score (nSPS) is 22.7. The molecule has 8 rings (SSSR count). The van der Waals surface area contributed by atoms with Crippen molar-refractivity contribution in [2.24, 2.45) is 0 Å². The number of benzene rings is 4. The van der Waals surface area contributed by atoms with E-state index in [1.807, 2.05) is 0 Å². The molecule has 3 aliphatic rings. The zero-order chi connectivity index (χ0) is 36.5. The van der Waals surface area contributed by atoms with Gasteiger partial charge in [0, 0.05) is 22.3 Å². The van der Waals surface area contributed by atoms with Gasteiger partial charge >= 0.3 is 0 Å². The van der Waals surface area contributed by atoms with Crippen LogP contribution >= 0.6 is 0 Å². The van der Waals surface area contributed by atoms with Gasteiger partial charge in [-0.3, -0.25) is 0 Å². The molecule has 5 aromatic rings. The van der Waals surface area contributed by atoms with E-state index in [9.17, 15) is 0 Å². The lowest BCUT2D eigenvalue weighted by Gasteiger charge is -2.30. The highest BCUT2D eigenvalue weighted by Crippen LogP contribution is 2.45. The molecule has 0 amide bonds. The molecule has 1 atom stereocenters. The van der Waals surface area contributed by atoms with Crippen molar-refractivity contribution in [1.29, 1.82) is 0 Å². The van der Waals surface area contributed by atoms with E-state index in [0.717, 1.165) is 70.8 Å². The van der Waals surface area contributed by atoms with Crippen molar-refractivity contribution >= 4 is 39.2 Å². The minimum Gasteiger partial charge on any atom is -0.455 e. The first-order valence-corrected chi connectivity index (χ1v) is 19.1. The smallest absolute Gasteiger partial charge is 0.142 e. The fraction of sp³-hybridized carbons (Fsp3) is 0.192. The van der Waals surface area contributed by atoms with E-state index in [-0.39, 0.29) is 11.3 Å². The Morgan fingerprint density at radius 1 is 0.736 bits per heavy atom. The van der Waals surface area contributed by atoms with E-state index in [1.54, 1.807) is 0 Å². The predicted octanol–water partition coefficient (Wildman–Crippen LogP) is 12.7. The lowest BCUT2D eigenvalue weighted by atomic mass is 9.74. The molecular formula is C52H48O. The maximum Gasteiger partial charge on any atom is 0.142 e. The molecule has 262 valence electrons. The summed E-state index contributed by atoms with van der Waals surface area (Å²) in [5.74, 6) is 0.181. The van der Waals surface area contributed by atoms with Gasteiger partial charge in [-0.25, -0.2) is 0 Å². The molecule has 1 nitrogen and oxygen atoms in total. The van der Waals surface area contributed by atoms with Gasteiger partial charge in [-0.1, -0.05) is 167 Å². The van der Waals surface area contributed by atoms with Crippen LogP contribution in [0.25, 0.3) is 39.2 Å². The highest BCUT2D eigenvalue weighted by molar-refractivity contribution is 6.08. The molecular weight excluding hydrogens is 641 g/mol. The first-order valence-electron chi connectivity index (χ1n) is 19.1. The van der Waals surface area contributed by atoms with Crippen molar-refractivity contribution < 1.29 is 4.42 Å². The van der Waals surface area contributed by atoms with Gasteiger partial charge in [0.05, 0.1) is 0 Å². The van der Waals surface area contributed by atoms with Gasteiger partial charge in [-0.15, -0.1) is 0 Å². The van der Waals surface area contributed by atoms with Crippen molar-refractivity contribution in [3.63, 3.8) is 0 Å². The molecule has 0 N–H and O–H groups in total. The van der Waals surface area contributed by atoms with E-state index in [4.69, 9.17) is 4.42 Å². The Bertz CT molecular complexity index is 2600. The SMILES string of the molecule is C=C(/C=C\C(=C)C1=c2/cccc/c2=C(\C2=C/c3c(ccc4c3oc3ccccc34)C(C)c3ccccc3C(C)(C)C2)/C=C/CC/C=C/1)C1=CC=CCC1. The lowest BCUT2D eigenvalue weighted by molar-refractivity contribution is 0.520. The fourth-order valence-corrected chi connectivity index (χ4v) is 8.53. The number of furan rings is 1. The summed E-state index contributed by atoms with van der Waals surface area (Å²) in [6.45, 7) is 16.2. The van der Waals surface area contributed by atoms with Gasteiger partial charge in [-0.05, 0) is 110 Å². The van der Waals surface area contributed by atoms with Crippen LogP contribution in [0.5, 0.6) is 0 Å². The molecule has 0 spiro atoms. The van der Waals surface area contributed by atoms with Crippen LogP contribution in [0.2, 0.25) is 0 Å². The van der Waals surface area contributed by atoms with Gasteiger partial charge < -0.3 is 4.42 Å². The first-order chi connectivity index (χ1) is 25.8. The standard InChI is InChI=1S/C52H48O/c1-35(38-19-9-8-10-20-38)29-30-36(2)40-21-11-6-7-12-23-43(45-25-14-13-24-44(40)45)39-33-48-41(31-32-47-46-26-16-18-28-50(46)53-51(47)48)37(3)42-22-15-17-27-49(42)52(4,5)34-39/h8-9,11-19,21-33,37H,1-2,6-7,10,20,34H2,3-5H3/b21-11+,23-12+,30-29-,39-33-,44-40+,45-43+. The number of para-hydroxylation sites is 1. The molecule has 0 aliphatic heterocycles. The summed E-state index contributed by atoms with van der Waals surface area (Å²) in [6.07, 6.45) is 27.4. The molecule has 0 saturated heterocycles. The fourth-order valence-electron chi connectivity index (χ4n) is 8.53. The van der Waals surface area contributed by atoms with E-state index in [0.29, 0.717) is 0 Å². The van der Waals surface area contributed by atoms with Crippen LogP contribution in [0.3, 0.4) is 0 Å². The summed E-state index contributed by atoms with van der Waals surface area (Å²) in [5.41, 5.74) is 14.0. The van der Waals surface area contributed by atoms with Gasteiger partial charge in [0.1, 0.15) is 11.2 Å². The van der Waals surface area contributed by atoms with Gasteiger partial charge in [0.15, 0.2) is 0 Å². The molecule has 4 aromatic carbocycles. The minimum atomic E-state index is -0.140. The average molecular weight is 689 g/mol. The van der Waals surface area contributed by atoms with E-state index in [2.05, 4.69) is 180 Å². The highest BCUT2D eigenvalue weighted by atomic mass is 16.3. The second-order valence-electron chi connectivity index (χ2n) is 15.4. The van der Waals surface area contributed by atoms with Crippen LogP contribution in [0, 0.1) is 0 Å². The summed E-state index contributed by atoms with van der Waals surface area (Å²) in [5, 5.41) is 4.70. The van der Waals surface area contributed by atoms with Crippen LogP contribution in [0.1, 0.15) is 81.0 Å². The zero-order valence-corrected chi connectivity index (χ0v) is 31.3. The van der Waals surface area contributed by atoms with Gasteiger partial charge in [0.2, 0.25) is 0 Å². The second-order valence-corrected chi connectivity index (χ2v) is 15.4. The molecule has 3 aliphatic carbocycles. The van der Waals surface area contributed by atoms with E-state index >= 15 is 0 Å². The third kappa shape index (κ3) is 6.62. The Kier molecular flexibility index (Phi) is 9.35. The van der Waals surface area contributed by atoms with Gasteiger partial charge in [0.25, 0.3) is 0 Å². The van der Waals surface area contributed by atoms with Crippen LogP contribution in [0.15, 0.2) is 179 Å². The van der Waals surface area contributed by atoms with Crippen LogP contribution in [0.4, 0.5) is 0 Å². The molecule has 1 heteroatoms. The van der Waals surface area contributed by atoms with E-state index < -0.39 is 0 Å². The summed E-state index contributed by atoms with van der Waals surface area (Å²) < 4.78 is 6.78. The van der Waals surface area contributed by atoms with Crippen molar-refractivity contribution in [2.45, 2.75) is 64.2 Å². The Labute approximate surface area is 314 Å². The molecule has 1 heterocycles. The average Bonchev–Trinajstić information content (AvgIpc) is 3.58. The summed E-state index contributed by atoms with van der Waals surface area (Å²) in [7, 11) is 0. The van der Waals surface area contributed by atoms with Gasteiger partial charge in [-0.2, -0.15) is 0 Å². The van der Waals surface area contributed by atoms with E-state index in [1.165, 1.54) is 49.4 Å². The topological polar surface area (TPSA) is 13.1 Å². The second kappa shape index (κ2) is 14.4. The molecule has 0 bridgehead atoms. The van der Waals surface area contributed by atoms with Crippen molar-refractivity contribution in [3.8, 4) is 0 Å². The minimum absolute atomic E-state index is 0.140. The zero-order valence-electron chi connectivity index (χ0n) is 31.3. The maximum absolute atomic E-state index is 6.78. The predicted molar refractivity (Wildman–Crippen MR) is 227 cm³/mol. The number of allylic oxidation sites excluding steroid dienone is 13. The summed E-state index contributed by atoms with van der Waals surface area (Å²) in [6, 6.07) is 31.0. The van der Waals surface area contributed by atoms with Crippen LogP contribution in [-0.2, 0) is 5.41 Å². The molecule has 53 heavy (non-hydrogen) atoms. The number of fused-ring (bicyclic) bond motifs is 7. The molecule has 1 aromatic heterocycles. The van der Waals surface area contributed by atoms with Crippen molar-refractivity contribution in [1.82, 2.24) is 0 Å². The monoisotopic (exact) mass is 688 g/mol. The molecule has 1 unspecified atom stereocenters. The van der Waals surface area contributed by atoms with Crippen LogP contribution in [-0.4, -0.2) is 0 Å². The molecule has 0 saturated carbocycles. The number of hydrogen-bond acceptors (Lipinski definition) is 1. The Morgan fingerprint density at radius 2 is 1.47 bits per heavy atom. The molecule has 0 fully saturated rings. The quantitative estimate of drug-likeness (QED) is 0.168. The lowest BCUT2D eigenvalue weighted by Crippen LogP contribution is -2.30. The third-order valence-electron chi connectivity index (χ3n) is 11.4. The largest absolute Gasteiger partial charge is 0.455 e.